The standard InChI is InChI=1S/C30H32FN3O2/c31-25-12-10-24(11-13-25)27(20-30(35)32-14-15-33-16-18-36-19-17-33)28-22-34(21-23-6-2-1-3-7-23)29-9-5-4-8-26(28)29/h1-13,22,27H,14-21H2,(H,32,35). The van der Waals surface area contributed by atoms with Crippen LogP contribution < -0.4 is 5.32 Å². The molecule has 1 fully saturated rings. The molecule has 1 unspecified atom stereocenters. The minimum absolute atomic E-state index is 0.00234. The lowest BCUT2D eigenvalue weighted by Crippen LogP contribution is -2.41. The van der Waals surface area contributed by atoms with Crippen LogP contribution in [-0.4, -0.2) is 54.8 Å². The first-order chi connectivity index (χ1) is 17.7. The maximum absolute atomic E-state index is 13.8. The number of ether oxygens (including phenoxy) is 1. The van der Waals surface area contributed by atoms with Crippen molar-refractivity contribution in [2.24, 2.45) is 0 Å². The Kier molecular flexibility index (Phi) is 7.74. The van der Waals surface area contributed by atoms with Gasteiger partial charge in [-0.3, -0.25) is 9.69 Å². The second-order valence-electron chi connectivity index (χ2n) is 9.33. The summed E-state index contributed by atoms with van der Waals surface area (Å²) in [6, 6.07) is 25.2. The average molecular weight is 486 g/mol. The van der Waals surface area contributed by atoms with Gasteiger partial charge in [0.1, 0.15) is 5.82 Å². The fraction of sp³-hybridized carbons (Fsp3) is 0.300. The van der Waals surface area contributed by atoms with Crippen molar-refractivity contribution in [2.45, 2.75) is 18.9 Å². The molecule has 1 atom stereocenters. The highest BCUT2D eigenvalue weighted by atomic mass is 19.1. The Balaban J connectivity index is 1.41. The SMILES string of the molecule is O=C(CC(c1ccc(F)cc1)c1cn(Cc2ccccc2)c2ccccc12)NCCN1CCOCC1. The molecule has 0 bridgehead atoms. The Bertz CT molecular complexity index is 1280. The highest BCUT2D eigenvalue weighted by Crippen LogP contribution is 2.35. The van der Waals surface area contributed by atoms with Crippen LogP contribution in [0.25, 0.3) is 10.9 Å². The van der Waals surface area contributed by atoms with Crippen molar-refractivity contribution in [3.05, 3.63) is 108 Å². The minimum Gasteiger partial charge on any atom is -0.379 e. The third-order valence-electron chi connectivity index (χ3n) is 6.91. The summed E-state index contributed by atoms with van der Waals surface area (Å²) in [7, 11) is 0. The quantitative estimate of drug-likeness (QED) is 0.371. The van der Waals surface area contributed by atoms with E-state index in [1.165, 1.54) is 17.7 Å². The number of nitrogens with zero attached hydrogens (tertiary/aromatic N) is 2. The summed E-state index contributed by atoms with van der Waals surface area (Å²) in [6.45, 7) is 5.44. The van der Waals surface area contributed by atoms with Crippen molar-refractivity contribution in [1.29, 1.82) is 0 Å². The average Bonchev–Trinajstić information content (AvgIpc) is 3.27. The van der Waals surface area contributed by atoms with Gasteiger partial charge in [0.2, 0.25) is 5.91 Å². The first-order valence-electron chi connectivity index (χ1n) is 12.6. The van der Waals surface area contributed by atoms with Crippen molar-refractivity contribution >= 4 is 16.8 Å². The predicted molar refractivity (Wildman–Crippen MR) is 141 cm³/mol. The third kappa shape index (κ3) is 5.83. The number of aromatic nitrogens is 1. The zero-order chi connectivity index (χ0) is 24.7. The Morgan fingerprint density at radius 2 is 1.67 bits per heavy atom. The van der Waals surface area contributed by atoms with E-state index in [1.54, 1.807) is 12.1 Å². The topological polar surface area (TPSA) is 46.5 Å². The lowest BCUT2D eigenvalue weighted by atomic mass is 9.88. The third-order valence-corrected chi connectivity index (χ3v) is 6.91. The van der Waals surface area contributed by atoms with Gasteiger partial charge in [0.15, 0.2) is 0 Å². The maximum atomic E-state index is 13.8. The Morgan fingerprint density at radius 3 is 2.44 bits per heavy atom. The largest absolute Gasteiger partial charge is 0.379 e. The molecule has 5 rings (SSSR count). The molecule has 0 aliphatic carbocycles. The van der Waals surface area contributed by atoms with Gasteiger partial charge in [0.05, 0.1) is 13.2 Å². The Morgan fingerprint density at radius 1 is 0.944 bits per heavy atom. The van der Waals surface area contributed by atoms with E-state index in [0.717, 1.165) is 61.4 Å². The van der Waals surface area contributed by atoms with Gasteiger partial charge in [-0.15, -0.1) is 0 Å². The molecule has 0 saturated carbocycles. The number of amides is 1. The van der Waals surface area contributed by atoms with E-state index in [4.69, 9.17) is 4.74 Å². The maximum Gasteiger partial charge on any atom is 0.220 e. The number of rotatable bonds is 9. The van der Waals surface area contributed by atoms with E-state index in [9.17, 15) is 9.18 Å². The fourth-order valence-electron chi connectivity index (χ4n) is 5.00. The van der Waals surface area contributed by atoms with Gasteiger partial charge in [0, 0.05) is 62.2 Å². The number of carbonyl (C=O) groups is 1. The zero-order valence-electron chi connectivity index (χ0n) is 20.4. The zero-order valence-corrected chi connectivity index (χ0v) is 20.4. The molecule has 4 aromatic rings. The van der Waals surface area contributed by atoms with E-state index in [1.807, 2.05) is 30.3 Å². The molecule has 1 amide bonds. The number of nitrogens with one attached hydrogen (secondary N) is 1. The van der Waals surface area contributed by atoms with Gasteiger partial charge >= 0.3 is 0 Å². The number of morpholine rings is 1. The summed E-state index contributed by atoms with van der Waals surface area (Å²) in [4.78, 5) is 15.4. The second kappa shape index (κ2) is 11.5. The van der Waals surface area contributed by atoms with Crippen LogP contribution in [-0.2, 0) is 16.1 Å². The number of para-hydroxylation sites is 1. The lowest BCUT2D eigenvalue weighted by Gasteiger charge is -2.26. The molecule has 1 aliphatic rings. The molecule has 0 radical (unpaired) electrons. The van der Waals surface area contributed by atoms with Gasteiger partial charge in [-0.05, 0) is 34.9 Å². The highest BCUT2D eigenvalue weighted by Gasteiger charge is 2.23. The van der Waals surface area contributed by atoms with Crippen LogP contribution in [0.1, 0.15) is 29.0 Å². The van der Waals surface area contributed by atoms with Crippen LogP contribution in [0.2, 0.25) is 0 Å². The van der Waals surface area contributed by atoms with E-state index in [0.29, 0.717) is 13.0 Å². The number of hydrogen-bond donors (Lipinski definition) is 1. The van der Waals surface area contributed by atoms with Crippen LogP contribution in [0.3, 0.4) is 0 Å². The number of carbonyl (C=O) groups excluding carboxylic acids is 1. The van der Waals surface area contributed by atoms with Crippen LogP contribution in [0.15, 0.2) is 85.1 Å². The van der Waals surface area contributed by atoms with Gasteiger partial charge in [-0.25, -0.2) is 4.39 Å². The molecular weight excluding hydrogens is 453 g/mol. The van der Waals surface area contributed by atoms with Crippen molar-refractivity contribution < 1.29 is 13.9 Å². The number of benzene rings is 3. The van der Waals surface area contributed by atoms with Crippen LogP contribution in [0, 0.1) is 5.82 Å². The molecule has 0 spiro atoms. The summed E-state index contributed by atoms with van der Waals surface area (Å²) >= 11 is 0. The molecule has 1 saturated heterocycles. The number of hydrogen-bond acceptors (Lipinski definition) is 3. The molecule has 1 N–H and O–H groups in total. The van der Waals surface area contributed by atoms with Gasteiger partial charge < -0.3 is 14.6 Å². The molecule has 36 heavy (non-hydrogen) atoms. The summed E-state index contributed by atoms with van der Waals surface area (Å²) in [5.74, 6) is -0.465. The molecule has 186 valence electrons. The van der Waals surface area contributed by atoms with Gasteiger partial charge in [-0.2, -0.15) is 0 Å². The lowest BCUT2D eigenvalue weighted by molar-refractivity contribution is -0.121. The van der Waals surface area contributed by atoms with Crippen molar-refractivity contribution in [2.75, 3.05) is 39.4 Å². The Hall–Kier alpha value is -3.48. The Labute approximate surface area is 211 Å². The smallest absolute Gasteiger partial charge is 0.220 e. The fourth-order valence-corrected chi connectivity index (χ4v) is 5.00. The molecular formula is C30H32FN3O2. The summed E-state index contributed by atoms with van der Waals surface area (Å²) in [6.07, 6.45) is 2.46. The first-order valence-corrected chi connectivity index (χ1v) is 12.6. The number of halogens is 1. The van der Waals surface area contributed by atoms with Crippen molar-refractivity contribution in [3.8, 4) is 0 Å². The summed E-state index contributed by atoms with van der Waals surface area (Å²) in [5.41, 5.74) is 4.35. The molecule has 1 aliphatic heterocycles. The van der Waals surface area contributed by atoms with Crippen LogP contribution in [0.5, 0.6) is 0 Å². The highest BCUT2D eigenvalue weighted by molar-refractivity contribution is 5.86. The molecule has 1 aromatic heterocycles. The van der Waals surface area contributed by atoms with Crippen LogP contribution in [0.4, 0.5) is 4.39 Å². The van der Waals surface area contributed by atoms with Gasteiger partial charge in [-0.1, -0.05) is 60.7 Å². The minimum atomic E-state index is -0.279. The van der Waals surface area contributed by atoms with E-state index in [2.05, 4.69) is 45.2 Å². The monoisotopic (exact) mass is 485 g/mol. The molecule has 2 heterocycles. The normalized spacial score (nSPS) is 15.1. The van der Waals surface area contributed by atoms with Crippen molar-refractivity contribution in [1.82, 2.24) is 14.8 Å². The van der Waals surface area contributed by atoms with Crippen LogP contribution >= 0.6 is 0 Å². The van der Waals surface area contributed by atoms with E-state index >= 15 is 0 Å². The van der Waals surface area contributed by atoms with Gasteiger partial charge in [0.25, 0.3) is 0 Å². The number of fused-ring (bicyclic) bond motifs is 1. The van der Waals surface area contributed by atoms with E-state index in [-0.39, 0.29) is 17.6 Å². The first kappa shape index (κ1) is 24.2. The molecule has 5 nitrogen and oxygen atoms in total. The van der Waals surface area contributed by atoms with Crippen molar-refractivity contribution in [3.63, 3.8) is 0 Å². The van der Waals surface area contributed by atoms with E-state index < -0.39 is 0 Å². The molecule has 6 heteroatoms. The predicted octanol–water partition coefficient (Wildman–Crippen LogP) is 4.80. The summed E-state index contributed by atoms with van der Waals surface area (Å²) in [5, 5.41) is 4.22. The molecule has 3 aromatic carbocycles. The summed E-state index contributed by atoms with van der Waals surface area (Å²) < 4.78 is 21.4. The second-order valence-corrected chi connectivity index (χ2v) is 9.33.